The molecule has 2 rings (SSSR count). The lowest BCUT2D eigenvalue weighted by atomic mass is 9.78. The van der Waals surface area contributed by atoms with Crippen LogP contribution in [-0.2, 0) is 0 Å². The molecule has 1 aliphatic carbocycles. The van der Waals surface area contributed by atoms with Crippen molar-refractivity contribution in [2.45, 2.75) is 72.6 Å². The molecular weight excluding hydrogens is 250 g/mol. The highest BCUT2D eigenvalue weighted by atomic mass is 32.1. The fraction of sp³-hybridized carbons (Fsp3) is 0.824. The van der Waals surface area contributed by atoms with Gasteiger partial charge in [0.15, 0.2) is 0 Å². The van der Waals surface area contributed by atoms with Crippen molar-refractivity contribution in [3.05, 3.63) is 16.1 Å². The Kier molecular flexibility index (Phi) is 4.39. The van der Waals surface area contributed by atoms with Crippen molar-refractivity contribution >= 4 is 11.3 Å². The average Bonchev–Trinajstić information content (AvgIpc) is 2.96. The summed E-state index contributed by atoms with van der Waals surface area (Å²) in [5.74, 6) is 3.16. The van der Waals surface area contributed by atoms with E-state index in [-0.39, 0.29) is 0 Å². The smallest absolute Gasteiger partial charge is 0.0953 e. The number of hydrogen-bond donors (Lipinski definition) is 0. The maximum absolute atomic E-state index is 4.58. The summed E-state index contributed by atoms with van der Waals surface area (Å²) in [6.45, 7) is 14.1. The molecule has 3 unspecified atom stereocenters. The topological polar surface area (TPSA) is 12.9 Å². The Labute approximate surface area is 122 Å². The van der Waals surface area contributed by atoms with Crippen molar-refractivity contribution in [1.29, 1.82) is 0 Å². The van der Waals surface area contributed by atoms with Crippen LogP contribution in [0.1, 0.15) is 82.5 Å². The van der Waals surface area contributed by atoms with E-state index in [9.17, 15) is 0 Å². The van der Waals surface area contributed by atoms with Crippen LogP contribution in [0.2, 0.25) is 0 Å². The highest BCUT2D eigenvalue weighted by Gasteiger charge is 2.46. The summed E-state index contributed by atoms with van der Waals surface area (Å²) in [7, 11) is 0. The number of rotatable bonds is 6. The summed E-state index contributed by atoms with van der Waals surface area (Å²) in [4.78, 5) is 6.05. The molecule has 19 heavy (non-hydrogen) atoms. The van der Waals surface area contributed by atoms with Gasteiger partial charge in [-0.25, -0.2) is 4.98 Å². The zero-order valence-corrected chi connectivity index (χ0v) is 14.2. The predicted octanol–water partition coefficient (Wildman–Crippen LogP) is 5.83. The number of nitrogens with zero attached hydrogens (tertiary/aromatic N) is 1. The van der Waals surface area contributed by atoms with Crippen molar-refractivity contribution in [2.75, 3.05) is 0 Å². The van der Waals surface area contributed by atoms with Crippen LogP contribution in [0.25, 0.3) is 0 Å². The molecule has 1 fully saturated rings. The molecule has 1 aromatic heterocycles. The van der Waals surface area contributed by atoms with E-state index in [1.807, 2.05) is 11.3 Å². The normalized spacial score (nSPS) is 24.8. The van der Waals surface area contributed by atoms with Crippen LogP contribution in [0.15, 0.2) is 6.20 Å². The first kappa shape index (κ1) is 15.0. The zero-order valence-electron chi connectivity index (χ0n) is 13.4. The fourth-order valence-corrected chi connectivity index (χ4v) is 4.46. The quantitative estimate of drug-likeness (QED) is 0.638. The SMILES string of the molecule is CCC1CC1C(C)(C)CC(C)c1cnc(C(C)C)s1. The van der Waals surface area contributed by atoms with E-state index in [1.165, 1.54) is 29.1 Å². The lowest BCUT2D eigenvalue weighted by molar-refractivity contribution is 0.250. The summed E-state index contributed by atoms with van der Waals surface area (Å²) in [6, 6.07) is 0. The maximum atomic E-state index is 4.58. The molecule has 1 heterocycles. The predicted molar refractivity (Wildman–Crippen MR) is 84.9 cm³/mol. The van der Waals surface area contributed by atoms with Crippen LogP contribution in [0, 0.1) is 17.3 Å². The molecule has 0 amide bonds. The van der Waals surface area contributed by atoms with Gasteiger partial charge in [-0.2, -0.15) is 0 Å². The number of aromatic nitrogens is 1. The third-order valence-corrected chi connectivity index (χ3v) is 6.33. The molecule has 1 saturated carbocycles. The van der Waals surface area contributed by atoms with E-state index in [1.54, 1.807) is 0 Å². The molecule has 0 bridgehead atoms. The van der Waals surface area contributed by atoms with Crippen LogP contribution < -0.4 is 0 Å². The highest BCUT2D eigenvalue weighted by molar-refractivity contribution is 7.11. The van der Waals surface area contributed by atoms with Crippen LogP contribution in [0.3, 0.4) is 0 Å². The summed E-state index contributed by atoms with van der Waals surface area (Å²) < 4.78 is 0. The van der Waals surface area contributed by atoms with Gasteiger partial charge >= 0.3 is 0 Å². The Bertz CT molecular complexity index is 419. The zero-order chi connectivity index (χ0) is 14.2. The summed E-state index contributed by atoms with van der Waals surface area (Å²) in [5.41, 5.74) is 0.488. The molecule has 0 saturated heterocycles. The molecule has 0 N–H and O–H groups in total. The second kappa shape index (κ2) is 5.55. The second-order valence-corrected chi connectivity index (χ2v) is 8.45. The lowest BCUT2D eigenvalue weighted by Gasteiger charge is -2.28. The van der Waals surface area contributed by atoms with Crippen molar-refractivity contribution in [3.8, 4) is 0 Å². The Morgan fingerprint density at radius 2 is 2.05 bits per heavy atom. The van der Waals surface area contributed by atoms with Gasteiger partial charge < -0.3 is 0 Å². The maximum Gasteiger partial charge on any atom is 0.0953 e. The first-order valence-electron chi connectivity index (χ1n) is 7.80. The molecule has 1 nitrogen and oxygen atoms in total. The molecule has 108 valence electrons. The fourth-order valence-electron chi connectivity index (χ4n) is 3.49. The molecule has 0 spiro atoms. The van der Waals surface area contributed by atoms with Crippen LogP contribution in [0.4, 0.5) is 0 Å². The van der Waals surface area contributed by atoms with E-state index >= 15 is 0 Å². The van der Waals surface area contributed by atoms with Gasteiger partial charge in [-0.3, -0.25) is 0 Å². The third-order valence-electron chi connectivity index (χ3n) is 4.80. The lowest BCUT2D eigenvalue weighted by Crippen LogP contribution is -2.18. The summed E-state index contributed by atoms with van der Waals surface area (Å²) >= 11 is 1.92. The van der Waals surface area contributed by atoms with E-state index < -0.39 is 0 Å². The Morgan fingerprint density at radius 1 is 1.37 bits per heavy atom. The minimum Gasteiger partial charge on any atom is -0.249 e. The molecule has 0 aromatic carbocycles. The van der Waals surface area contributed by atoms with E-state index in [0.717, 1.165) is 11.8 Å². The number of hydrogen-bond acceptors (Lipinski definition) is 2. The molecular formula is C17H29NS. The molecule has 0 radical (unpaired) electrons. The standard InChI is InChI=1S/C17H29NS/c1-7-13-8-14(13)17(5,6)9-12(4)15-10-18-16(19-15)11(2)3/h10-14H,7-9H2,1-6H3. The van der Waals surface area contributed by atoms with Gasteiger partial charge in [0.2, 0.25) is 0 Å². The van der Waals surface area contributed by atoms with E-state index in [0.29, 0.717) is 17.3 Å². The monoisotopic (exact) mass is 279 g/mol. The molecule has 1 aromatic rings. The van der Waals surface area contributed by atoms with E-state index in [2.05, 4.69) is 52.7 Å². The molecule has 3 atom stereocenters. The van der Waals surface area contributed by atoms with Gasteiger partial charge in [-0.05, 0) is 36.0 Å². The number of thiazole rings is 1. The van der Waals surface area contributed by atoms with Gasteiger partial charge in [-0.15, -0.1) is 11.3 Å². The van der Waals surface area contributed by atoms with Gasteiger partial charge in [0, 0.05) is 17.0 Å². The minimum absolute atomic E-state index is 0.488. The Morgan fingerprint density at radius 3 is 2.53 bits per heavy atom. The van der Waals surface area contributed by atoms with Crippen LogP contribution in [-0.4, -0.2) is 4.98 Å². The molecule has 0 aliphatic heterocycles. The Balaban J connectivity index is 1.98. The van der Waals surface area contributed by atoms with Crippen molar-refractivity contribution < 1.29 is 0 Å². The van der Waals surface area contributed by atoms with Crippen molar-refractivity contribution in [3.63, 3.8) is 0 Å². The second-order valence-electron chi connectivity index (χ2n) is 7.36. The van der Waals surface area contributed by atoms with Crippen LogP contribution >= 0.6 is 11.3 Å². The van der Waals surface area contributed by atoms with Crippen molar-refractivity contribution in [2.24, 2.45) is 17.3 Å². The van der Waals surface area contributed by atoms with Gasteiger partial charge in [0.05, 0.1) is 5.01 Å². The summed E-state index contributed by atoms with van der Waals surface area (Å²) in [5, 5.41) is 1.29. The Hall–Kier alpha value is -0.370. The largest absolute Gasteiger partial charge is 0.249 e. The molecule has 2 heteroatoms. The average molecular weight is 279 g/mol. The van der Waals surface area contributed by atoms with Crippen molar-refractivity contribution in [1.82, 2.24) is 4.98 Å². The third kappa shape index (κ3) is 3.39. The van der Waals surface area contributed by atoms with Gasteiger partial charge in [0.25, 0.3) is 0 Å². The summed E-state index contributed by atoms with van der Waals surface area (Å²) in [6.07, 6.45) is 6.23. The minimum atomic E-state index is 0.488. The van der Waals surface area contributed by atoms with Gasteiger partial charge in [0.1, 0.15) is 0 Å². The first-order chi connectivity index (χ1) is 8.85. The first-order valence-corrected chi connectivity index (χ1v) is 8.62. The van der Waals surface area contributed by atoms with E-state index in [4.69, 9.17) is 0 Å². The van der Waals surface area contributed by atoms with Gasteiger partial charge in [-0.1, -0.05) is 48.0 Å². The highest BCUT2D eigenvalue weighted by Crippen LogP contribution is 2.55. The molecule has 1 aliphatic rings. The van der Waals surface area contributed by atoms with Crippen LogP contribution in [0.5, 0.6) is 0 Å².